The Labute approximate surface area is 253 Å². The number of imidazole rings is 1. The number of carbonyl (C=O) groups excluding carboxylic acids is 2. The second kappa shape index (κ2) is 14.6. The van der Waals surface area contributed by atoms with Gasteiger partial charge in [-0.2, -0.15) is 13.2 Å². The summed E-state index contributed by atoms with van der Waals surface area (Å²) in [6.45, 7) is 6.05. The van der Waals surface area contributed by atoms with Crippen molar-refractivity contribution in [2.45, 2.75) is 71.0 Å². The Morgan fingerprint density at radius 1 is 1.07 bits per heavy atom. The number of amides is 2. The van der Waals surface area contributed by atoms with Gasteiger partial charge in [0.25, 0.3) is 5.91 Å². The summed E-state index contributed by atoms with van der Waals surface area (Å²) in [5, 5.41) is 15.1. The molecule has 13 heteroatoms. The molecule has 0 aliphatic carbocycles. The number of aromatic nitrogens is 2. The van der Waals surface area contributed by atoms with E-state index in [1.54, 1.807) is 13.8 Å². The predicted molar refractivity (Wildman–Crippen MR) is 156 cm³/mol. The Kier molecular flexibility index (Phi) is 11.5. The molecule has 3 N–H and O–H groups in total. The zero-order chi connectivity index (χ0) is 31.9. The van der Waals surface area contributed by atoms with Crippen LogP contribution in [0.25, 0.3) is 11.3 Å². The SMILES string of the molecule is CC(C)OC(=O)N[C@H](C)c1nc(-c2ccc(C[C@@H](CCO)NC(=O)c3ccc(O[C@H](C)C(F)(F)F)c(Cl)c3)cc2)cn1C. The van der Waals surface area contributed by atoms with Gasteiger partial charge >= 0.3 is 12.3 Å². The molecule has 0 fully saturated rings. The van der Waals surface area contributed by atoms with Crippen molar-refractivity contribution in [2.24, 2.45) is 7.05 Å². The zero-order valence-electron chi connectivity index (χ0n) is 24.5. The lowest BCUT2D eigenvalue weighted by Gasteiger charge is -2.20. The molecule has 2 amide bonds. The van der Waals surface area contributed by atoms with Crippen LogP contribution in [0.3, 0.4) is 0 Å². The topological polar surface area (TPSA) is 115 Å². The van der Waals surface area contributed by atoms with Crippen LogP contribution in [-0.4, -0.2) is 57.7 Å². The van der Waals surface area contributed by atoms with Crippen molar-refractivity contribution in [3.63, 3.8) is 0 Å². The number of benzene rings is 2. The highest BCUT2D eigenvalue weighted by Crippen LogP contribution is 2.31. The first-order chi connectivity index (χ1) is 20.2. The standard InChI is InChI=1S/C30H36ClF3N4O5/c1-17(2)42-29(41)35-18(3)27-37-25(16-38(27)5)21-8-6-20(7-9-21)14-23(12-13-39)36-28(40)22-10-11-26(24(31)15-22)43-19(4)30(32,33)34/h6-11,15-19,23,39H,12-14H2,1-5H3,(H,35,41)(H,36,40)/t18-,19-,23-/m1/s1. The number of nitrogens with one attached hydrogen (secondary N) is 2. The number of hydrogen-bond acceptors (Lipinski definition) is 6. The molecule has 9 nitrogen and oxygen atoms in total. The maximum absolute atomic E-state index is 12.9. The van der Waals surface area contributed by atoms with E-state index in [0.717, 1.165) is 18.1 Å². The number of alkyl carbamates (subject to hydrolysis) is 1. The lowest BCUT2D eigenvalue weighted by Crippen LogP contribution is -2.37. The smallest absolute Gasteiger partial charge is 0.425 e. The maximum atomic E-state index is 12.9. The quantitative estimate of drug-likeness (QED) is 0.228. The molecule has 0 radical (unpaired) electrons. The van der Waals surface area contributed by atoms with Crippen molar-refractivity contribution in [3.05, 3.63) is 70.6 Å². The first-order valence-electron chi connectivity index (χ1n) is 13.7. The Morgan fingerprint density at radius 2 is 1.74 bits per heavy atom. The summed E-state index contributed by atoms with van der Waals surface area (Å²) in [4.78, 5) is 29.5. The van der Waals surface area contributed by atoms with Gasteiger partial charge in [0.1, 0.15) is 11.6 Å². The molecule has 0 unspecified atom stereocenters. The molecular weight excluding hydrogens is 589 g/mol. The monoisotopic (exact) mass is 624 g/mol. The second-order valence-corrected chi connectivity index (χ2v) is 10.9. The van der Waals surface area contributed by atoms with Crippen molar-refractivity contribution >= 4 is 23.6 Å². The minimum atomic E-state index is -4.56. The lowest BCUT2D eigenvalue weighted by molar-refractivity contribution is -0.189. The van der Waals surface area contributed by atoms with Gasteiger partial charge in [0.15, 0.2) is 6.10 Å². The van der Waals surface area contributed by atoms with E-state index >= 15 is 0 Å². The highest BCUT2D eigenvalue weighted by atomic mass is 35.5. The number of aliphatic hydroxyl groups is 1. The third-order valence-electron chi connectivity index (χ3n) is 6.48. The third kappa shape index (κ3) is 9.62. The van der Waals surface area contributed by atoms with E-state index in [-0.39, 0.29) is 41.5 Å². The van der Waals surface area contributed by atoms with Crippen LogP contribution in [0.5, 0.6) is 5.75 Å². The molecule has 1 heterocycles. The summed E-state index contributed by atoms with van der Waals surface area (Å²) in [6, 6.07) is 10.6. The molecule has 2 aromatic carbocycles. The van der Waals surface area contributed by atoms with Crippen LogP contribution in [0.15, 0.2) is 48.7 Å². The molecule has 0 aliphatic rings. The fourth-order valence-electron chi connectivity index (χ4n) is 4.25. The molecule has 0 saturated heterocycles. The molecule has 3 aromatic rings. The van der Waals surface area contributed by atoms with Crippen LogP contribution in [0.2, 0.25) is 5.02 Å². The van der Waals surface area contributed by atoms with Crippen molar-refractivity contribution < 1.29 is 37.3 Å². The number of aryl methyl sites for hydroxylation is 1. The Morgan fingerprint density at radius 3 is 2.33 bits per heavy atom. The molecule has 3 rings (SSSR count). The van der Waals surface area contributed by atoms with Gasteiger partial charge in [-0.25, -0.2) is 9.78 Å². The van der Waals surface area contributed by atoms with E-state index in [2.05, 4.69) is 15.6 Å². The van der Waals surface area contributed by atoms with E-state index in [9.17, 15) is 27.9 Å². The average Bonchev–Trinajstić information content (AvgIpc) is 3.30. The molecule has 0 spiro atoms. The van der Waals surface area contributed by atoms with Gasteiger partial charge in [0.05, 0.1) is 22.9 Å². The van der Waals surface area contributed by atoms with E-state index in [4.69, 9.17) is 21.1 Å². The molecular formula is C30H36ClF3N4O5. The van der Waals surface area contributed by atoms with Crippen LogP contribution < -0.4 is 15.4 Å². The summed E-state index contributed by atoms with van der Waals surface area (Å²) < 4.78 is 50.3. The Hall–Kier alpha value is -3.77. The van der Waals surface area contributed by atoms with Gasteiger partial charge in [0.2, 0.25) is 0 Å². The highest BCUT2D eigenvalue weighted by molar-refractivity contribution is 6.32. The molecule has 0 bridgehead atoms. The van der Waals surface area contributed by atoms with Crippen molar-refractivity contribution in [3.8, 4) is 17.0 Å². The number of rotatable bonds is 12. The number of nitrogens with zero attached hydrogens (tertiary/aromatic N) is 2. The van der Waals surface area contributed by atoms with E-state index in [1.165, 1.54) is 18.2 Å². The minimum Gasteiger partial charge on any atom is -0.480 e. The average molecular weight is 625 g/mol. The van der Waals surface area contributed by atoms with Gasteiger partial charge in [-0.1, -0.05) is 35.9 Å². The van der Waals surface area contributed by atoms with Crippen LogP contribution in [0.1, 0.15) is 61.9 Å². The summed E-state index contributed by atoms with van der Waals surface area (Å²) in [5.41, 5.74) is 2.60. The summed E-state index contributed by atoms with van der Waals surface area (Å²) in [7, 11) is 1.84. The minimum absolute atomic E-state index is 0.128. The molecule has 0 aliphatic heterocycles. The number of aliphatic hydroxyl groups excluding tert-OH is 1. The number of halogens is 4. The van der Waals surface area contributed by atoms with E-state index in [1.807, 2.05) is 49.0 Å². The van der Waals surface area contributed by atoms with Gasteiger partial charge in [-0.05, 0) is 64.3 Å². The Balaban J connectivity index is 1.65. The largest absolute Gasteiger partial charge is 0.480 e. The lowest BCUT2D eigenvalue weighted by atomic mass is 10.0. The van der Waals surface area contributed by atoms with Crippen LogP contribution in [0, 0.1) is 0 Å². The summed E-state index contributed by atoms with van der Waals surface area (Å²) in [5.74, 6) is -0.0251. The fraction of sp³-hybridized carbons (Fsp3) is 0.433. The second-order valence-electron chi connectivity index (χ2n) is 10.4. The van der Waals surface area contributed by atoms with Crippen LogP contribution in [0.4, 0.5) is 18.0 Å². The summed E-state index contributed by atoms with van der Waals surface area (Å²) >= 11 is 6.09. The normalized spacial score (nSPS) is 13.7. The molecule has 0 saturated carbocycles. The van der Waals surface area contributed by atoms with Gasteiger partial charge in [-0.3, -0.25) is 4.79 Å². The van der Waals surface area contributed by atoms with Gasteiger partial charge in [0, 0.05) is 37.0 Å². The first kappa shape index (κ1) is 33.7. The maximum Gasteiger partial charge on any atom is 0.425 e. The third-order valence-corrected chi connectivity index (χ3v) is 6.78. The zero-order valence-corrected chi connectivity index (χ0v) is 25.3. The summed E-state index contributed by atoms with van der Waals surface area (Å²) in [6.07, 6.45) is -4.84. The van der Waals surface area contributed by atoms with Crippen molar-refractivity contribution in [1.29, 1.82) is 0 Å². The van der Waals surface area contributed by atoms with Crippen LogP contribution >= 0.6 is 11.6 Å². The number of ether oxygens (including phenoxy) is 2. The first-order valence-corrected chi connectivity index (χ1v) is 14.1. The van der Waals surface area contributed by atoms with Crippen molar-refractivity contribution in [1.82, 2.24) is 20.2 Å². The number of carbonyl (C=O) groups is 2. The van der Waals surface area contributed by atoms with Gasteiger partial charge in [-0.15, -0.1) is 0 Å². The molecule has 43 heavy (non-hydrogen) atoms. The predicted octanol–water partition coefficient (Wildman–Crippen LogP) is 5.99. The van der Waals surface area contributed by atoms with Crippen LogP contribution in [-0.2, 0) is 18.2 Å². The molecule has 234 valence electrons. The Bertz CT molecular complexity index is 1400. The molecule has 1 aromatic heterocycles. The van der Waals surface area contributed by atoms with Crippen molar-refractivity contribution in [2.75, 3.05) is 6.61 Å². The highest BCUT2D eigenvalue weighted by Gasteiger charge is 2.38. The molecule has 3 atom stereocenters. The van der Waals surface area contributed by atoms with E-state index < -0.39 is 30.3 Å². The van der Waals surface area contributed by atoms with Gasteiger partial charge < -0.3 is 29.8 Å². The fourth-order valence-corrected chi connectivity index (χ4v) is 4.48. The number of alkyl halides is 3. The van der Waals surface area contributed by atoms with E-state index in [0.29, 0.717) is 17.9 Å². The number of hydrogen-bond donors (Lipinski definition) is 3.